The summed E-state index contributed by atoms with van der Waals surface area (Å²) in [5.41, 5.74) is 0. The normalized spacial score (nSPS) is 28.6. The summed E-state index contributed by atoms with van der Waals surface area (Å²) in [6.07, 6.45) is -0.550. The van der Waals surface area contributed by atoms with Crippen LogP contribution < -0.4 is 0 Å². The molecular formula is C6H11F2NO2S. The number of hydrogen-bond acceptors (Lipinski definition) is 2. The Hall–Kier alpha value is -0.230. The minimum atomic E-state index is -3.39. The van der Waals surface area contributed by atoms with Gasteiger partial charge in [0, 0.05) is 13.0 Å². The van der Waals surface area contributed by atoms with Gasteiger partial charge in [0.2, 0.25) is 10.0 Å². The van der Waals surface area contributed by atoms with Crippen molar-refractivity contribution in [3.8, 4) is 0 Å². The smallest absolute Gasteiger partial charge is 0.212 e. The van der Waals surface area contributed by atoms with E-state index in [1.807, 2.05) is 0 Å². The fourth-order valence-corrected chi connectivity index (χ4v) is 2.75. The topological polar surface area (TPSA) is 37.4 Å². The summed E-state index contributed by atoms with van der Waals surface area (Å²) in [4.78, 5) is 0. The Morgan fingerprint density at radius 1 is 1.50 bits per heavy atom. The van der Waals surface area contributed by atoms with Gasteiger partial charge < -0.3 is 0 Å². The Balaban J connectivity index is 2.81. The van der Waals surface area contributed by atoms with Crippen molar-refractivity contribution in [2.24, 2.45) is 0 Å². The highest BCUT2D eigenvalue weighted by Crippen LogP contribution is 2.27. The van der Waals surface area contributed by atoms with Crippen molar-refractivity contribution >= 4 is 10.0 Å². The lowest BCUT2D eigenvalue weighted by molar-refractivity contribution is -0.0241. The molecule has 0 unspecified atom stereocenters. The van der Waals surface area contributed by atoms with Crippen LogP contribution in [-0.4, -0.2) is 37.5 Å². The second-order valence-electron chi connectivity index (χ2n) is 2.85. The minimum Gasteiger partial charge on any atom is -0.212 e. The second-order valence-corrected chi connectivity index (χ2v) is 4.94. The van der Waals surface area contributed by atoms with E-state index in [1.54, 1.807) is 6.92 Å². The molecule has 12 heavy (non-hydrogen) atoms. The predicted molar refractivity (Wildman–Crippen MR) is 40.6 cm³/mol. The first-order chi connectivity index (χ1) is 5.37. The van der Waals surface area contributed by atoms with Crippen molar-refractivity contribution < 1.29 is 17.2 Å². The van der Waals surface area contributed by atoms with E-state index in [-0.39, 0.29) is 6.54 Å². The highest BCUT2D eigenvalue weighted by atomic mass is 32.2. The van der Waals surface area contributed by atoms with Gasteiger partial charge in [-0.3, -0.25) is 0 Å². The molecule has 0 saturated carbocycles. The largest absolute Gasteiger partial charge is 0.262 e. The lowest BCUT2D eigenvalue weighted by Gasteiger charge is -2.30. The molecule has 0 atom stereocenters. The van der Waals surface area contributed by atoms with Crippen LogP contribution >= 0.6 is 0 Å². The zero-order valence-electron chi connectivity index (χ0n) is 6.76. The summed E-state index contributed by atoms with van der Waals surface area (Å²) >= 11 is 0. The average molecular weight is 199 g/mol. The molecule has 1 heterocycles. The van der Waals surface area contributed by atoms with Gasteiger partial charge in [-0.25, -0.2) is 17.2 Å². The van der Waals surface area contributed by atoms with Gasteiger partial charge in [-0.05, 0) is 0 Å². The summed E-state index contributed by atoms with van der Waals surface area (Å²) in [5.74, 6) is -3.28. The van der Waals surface area contributed by atoms with E-state index in [0.29, 0.717) is 0 Å². The number of nitrogens with zero attached hydrogens (tertiary/aromatic N) is 1. The third kappa shape index (κ3) is 1.92. The zero-order chi connectivity index (χ0) is 9.41. The highest BCUT2D eigenvalue weighted by Gasteiger charge is 2.41. The SMILES string of the molecule is CCN1CC(F)(F)CCS1(=O)=O. The van der Waals surface area contributed by atoms with Crippen molar-refractivity contribution in [1.82, 2.24) is 4.31 Å². The Morgan fingerprint density at radius 2 is 2.08 bits per heavy atom. The lowest BCUT2D eigenvalue weighted by Crippen LogP contribution is -2.47. The van der Waals surface area contributed by atoms with Crippen molar-refractivity contribution in [3.05, 3.63) is 0 Å². The van der Waals surface area contributed by atoms with Crippen LogP contribution in [0.2, 0.25) is 0 Å². The number of rotatable bonds is 1. The maximum absolute atomic E-state index is 12.7. The van der Waals surface area contributed by atoms with E-state index < -0.39 is 34.7 Å². The summed E-state index contributed by atoms with van der Waals surface area (Å²) < 4.78 is 48.4. The Morgan fingerprint density at radius 3 is 2.50 bits per heavy atom. The maximum Gasteiger partial charge on any atom is 0.262 e. The van der Waals surface area contributed by atoms with Crippen LogP contribution in [-0.2, 0) is 10.0 Å². The number of sulfonamides is 1. The molecule has 0 aromatic carbocycles. The molecule has 1 fully saturated rings. The number of halogens is 2. The number of hydrogen-bond donors (Lipinski definition) is 0. The van der Waals surface area contributed by atoms with Gasteiger partial charge in [0.25, 0.3) is 5.92 Å². The molecule has 72 valence electrons. The quantitative estimate of drug-likeness (QED) is 0.622. The lowest BCUT2D eigenvalue weighted by atomic mass is 10.2. The van der Waals surface area contributed by atoms with Crippen LogP contribution in [0.25, 0.3) is 0 Å². The molecule has 0 aromatic heterocycles. The molecule has 3 nitrogen and oxygen atoms in total. The molecule has 0 bridgehead atoms. The summed E-state index contributed by atoms with van der Waals surface area (Å²) in [6.45, 7) is 1.02. The van der Waals surface area contributed by atoms with Crippen molar-refractivity contribution in [2.45, 2.75) is 19.3 Å². The molecule has 1 aliphatic rings. The van der Waals surface area contributed by atoms with Gasteiger partial charge in [-0.2, -0.15) is 4.31 Å². The molecule has 1 aliphatic heterocycles. The van der Waals surface area contributed by atoms with Crippen molar-refractivity contribution in [2.75, 3.05) is 18.8 Å². The predicted octanol–water partition coefficient (Wildman–Crippen LogP) is 0.677. The highest BCUT2D eigenvalue weighted by molar-refractivity contribution is 7.89. The van der Waals surface area contributed by atoms with E-state index in [9.17, 15) is 17.2 Å². The van der Waals surface area contributed by atoms with Gasteiger partial charge in [0.05, 0.1) is 12.3 Å². The van der Waals surface area contributed by atoms with Crippen LogP contribution in [0, 0.1) is 0 Å². The Kier molecular flexibility index (Phi) is 2.40. The van der Waals surface area contributed by atoms with Crippen molar-refractivity contribution in [3.63, 3.8) is 0 Å². The van der Waals surface area contributed by atoms with Crippen LogP contribution in [0.1, 0.15) is 13.3 Å². The third-order valence-corrected chi connectivity index (χ3v) is 3.77. The van der Waals surface area contributed by atoms with Crippen LogP contribution in [0.5, 0.6) is 0 Å². The van der Waals surface area contributed by atoms with E-state index in [1.165, 1.54) is 0 Å². The standard InChI is InChI=1S/C6H11F2NO2S/c1-2-9-5-6(7,8)3-4-12(9,10)11/h2-5H2,1H3. The van der Waals surface area contributed by atoms with E-state index in [2.05, 4.69) is 0 Å². The second kappa shape index (κ2) is 2.92. The minimum absolute atomic E-state index is 0.123. The van der Waals surface area contributed by atoms with Gasteiger partial charge in [-0.1, -0.05) is 6.92 Å². The molecule has 0 spiro atoms. The maximum atomic E-state index is 12.7. The zero-order valence-corrected chi connectivity index (χ0v) is 7.57. The summed E-state index contributed by atoms with van der Waals surface area (Å²) in [7, 11) is -3.39. The Bertz CT molecular complexity index is 263. The Labute approximate surface area is 70.4 Å². The molecule has 6 heteroatoms. The molecule has 0 amide bonds. The van der Waals surface area contributed by atoms with E-state index in [4.69, 9.17) is 0 Å². The van der Waals surface area contributed by atoms with Gasteiger partial charge in [0.1, 0.15) is 0 Å². The van der Waals surface area contributed by atoms with Crippen LogP contribution in [0.15, 0.2) is 0 Å². The molecule has 1 rings (SSSR count). The summed E-state index contributed by atoms with van der Waals surface area (Å²) in [6, 6.07) is 0. The van der Waals surface area contributed by atoms with E-state index >= 15 is 0 Å². The average Bonchev–Trinajstić information content (AvgIpc) is 1.95. The first-order valence-electron chi connectivity index (χ1n) is 3.73. The summed E-state index contributed by atoms with van der Waals surface area (Å²) in [5, 5.41) is 0. The fraction of sp³-hybridized carbons (Fsp3) is 1.00. The van der Waals surface area contributed by atoms with Crippen LogP contribution in [0.4, 0.5) is 8.78 Å². The van der Waals surface area contributed by atoms with Gasteiger partial charge in [-0.15, -0.1) is 0 Å². The van der Waals surface area contributed by atoms with Crippen LogP contribution in [0.3, 0.4) is 0 Å². The first-order valence-corrected chi connectivity index (χ1v) is 5.34. The molecule has 0 aromatic rings. The molecular weight excluding hydrogens is 188 g/mol. The van der Waals surface area contributed by atoms with E-state index in [0.717, 1.165) is 4.31 Å². The molecule has 0 radical (unpaired) electrons. The fourth-order valence-electron chi connectivity index (χ4n) is 1.15. The third-order valence-electron chi connectivity index (χ3n) is 1.88. The molecule has 1 saturated heterocycles. The van der Waals surface area contributed by atoms with Gasteiger partial charge >= 0.3 is 0 Å². The van der Waals surface area contributed by atoms with Crippen molar-refractivity contribution in [1.29, 1.82) is 0 Å². The number of alkyl halides is 2. The molecule has 0 aliphatic carbocycles. The molecule has 0 N–H and O–H groups in total. The first kappa shape index (κ1) is 9.85. The van der Waals surface area contributed by atoms with Gasteiger partial charge in [0.15, 0.2) is 0 Å². The monoisotopic (exact) mass is 199 g/mol.